The fraction of sp³-hybridized carbons (Fsp3) is 0.556. The van der Waals surface area contributed by atoms with Crippen LogP contribution in [0.15, 0.2) is 48.7 Å². The molecule has 0 radical (unpaired) electrons. The molecule has 1 aromatic heterocycles. The summed E-state index contributed by atoms with van der Waals surface area (Å²) in [5.41, 5.74) is 1.81. The van der Waals surface area contributed by atoms with Gasteiger partial charge in [0.15, 0.2) is 0 Å². The maximum Gasteiger partial charge on any atom is 0.415 e. The Hall–Kier alpha value is -2.17. The zero-order chi connectivity index (χ0) is 25.8. The highest BCUT2D eigenvalue weighted by atomic mass is 32.2. The number of para-hydroxylation sites is 1. The number of pyridine rings is 1. The molecule has 0 saturated carbocycles. The van der Waals surface area contributed by atoms with E-state index in [1.54, 1.807) is 17.0 Å². The molecule has 1 aromatic carbocycles. The van der Waals surface area contributed by atoms with Crippen molar-refractivity contribution in [2.24, 2.45) is 0 Å². The molecule has 9 heteroatoms. The van der Waals surface area contributed by atoms with E-state index in [1.165, 1.54) is 0 Å². The lowest BCUT2D eigenvalue weighted by Gasteiger charge is -2.49. The first-order valence-corrected chi connectivity index (χ1v) is 13.8. The quantitative estimate of drug-likeness (QED) is 0.583. The summed E-state index contributed by atoms with van der Waals surface area (Å²) in [5, 5.41) is 0. The summed E-state index contributed by atoms with van der Waals surface area (Å²) < 4.78 is 26.6. The van der Waals surface area contributed by atoms with Gasteiger partial charge in [-0.3, -0.25) is 9.88 Å². The predicted molar refractivity (Wildman–Crippen MR) is 141 cm³/mol. The van der Waals surface area contributed by atoms with Crippen molar-refractivity contribution in [2.45, 2.75) is 56.9 Å². The molecule has 2 atom stereocenters. The van der Waals surface area contributed by atoms with Crippen molar-refractivity contribution in [3.05, 3.63) is 59.9 Å². The Balaban J connectivity index is 1.43. The van der Waals surface area contributed by atoms with Crippen LogP contribution in [0.1, 0.15) is 57.8 Å². The fourth-order valence-electron chi connectivity index (χ4n) is 4.76. The average molecular weight is 515 g/mol. The number of hydrogen-bond acceptors (Lipinski definition) is 7. The monoisotopic (exact) mass is 514 g/mol. The molecule has 8 nitrogen and oxygen atoms in total. The summed E-state index contributed by atoms with van der Waals surface area (Å²) in [6, 6.07) is 13.3. The SMILES string of the molecule is C[C@H](N[S@@+]([O-])C(C)(C)C)c1ccc(C2(N3CCN(C(=O)Oc4ccccc4)CC3)CCOCC2)nc1. The molecule has 0 spiro atoms. The number of hydrogen-bond donors (Lipinski definition) is 1. The van der Waals surface area contributed by atoms with Gasteiger partial charge in [-0.2, -0.15) is 0 Å². The summed E-state index contributed by atoms with van der Waals surface area (Å²) >= 11 is -1.16. The van der Waals surface area contributed by atoms with E-state index in [4.69, 9.17) is 14.5 Å². The topological polar surface area (TPSA) is 90.0 Å². The van der Waals surface area contributed by atoms with Crippen LogP contribution in [-0.2, 0) is 21.6 Å². The number of rotatable bonds is 6. The lowest BCUT2D eigenvalue weighted by Crippen LogP contribution is -2.58. The van der Waals surface area contributed by atoms with E-state index in [1.807, 2.05) is 52.1 Å². The van der Waals surface area contributed by atoms with Crippen LogP contribution in [0.4, 0.5) is 4.79 Å². The van der Waals surface area contributed by atoms with E-state index in [-0.39, 0.29) is 22.4 Å². The molecule has 2 saturated heterocycles. The van der Waals surface area contributed by atoms with Gasteiger partial charge in [0.1, 0.15) is 10.5 Å². The Morgan fingerprint density at radius 3 is 2.36 bits per heavy atom. The van der Waals surface area contributed by atoms with Gasteiger partial charge in [0.2, 0.25) is 0 Å². The number of benzene rings is 1. The van der Waals surface area contributed by atoms with Crippen molar-refractivity contribution in [1.29, 1.82) is 0 Å². The van der Waals surface area contributed by atoms with Gasteiger partial charge in [0.25, 0.3) is 0 Å². The minimum atomic E-state index is -1.16. The summed E-state index contributed by atoms with van der Waals surface area (Å²) in [6.07, 6.45) is 3.31. The van der Waals surface area contributed by atoms with E-state index in [0.717, 1.165) is 37.2 Å². The van der Waals surface area contributed by atoms with Gasteiger partial charge in [0.05, 0.1) is 17.3 Å². The Kier molecular flexibility index (Phi) is 8.57. The van der Waals surface area contributed by atoms with Crippen LogP contribution in [0.2, 0.25) is 0 Å². The minimum Gasteiger partial charge on any atom is -0.598 e. The summed E-state index contributed by atoms with van der Waals surface area (Å²) in [5.74, 6) is 0.560. The van der Waals surface area contributed by atoms with Crippen LogP contribution in [0, 0.1) is 0 Å². The summed E-state index contributed by atoms with van der Waals surface area (Å²) in [6.45, 7) is 12.0. The standard InChI is InChI=1S/C27H38N4O4S/c1-21(29-36(33)26(2,3)4)22-10-11-24(28-20-22)27(12-18-34-19-13-27)31-16-14-30(15-17-31)25(32)35-23-8-6-5-7-9-23/h5-11,20-21,29H,12-19H2,1-4H3/t21-,36-/m0/s1. The fourth-order valence-corrected chi connectivity index (χ4v) is 5.57. The minimum absolute atomic E-state index is 0.0728. The molecule has 0 aliphatic carbocycles. The maximum atomic E-state index is 12.7. The number of piperazine rings is 1. The smallest absolute Gasteiger partial charge is 0.415 e. The first-order valence-electron chi connectivity index (χ1n) is 12.7. The van der Waals surface area contributed by atoms with Crippen LogP contribution in [0.25, 0.3) is 0 Å². The second kappa shape index (κ2) is 11.5. The average Bonchev–Trinajstić information content (AvgIpc) is 2.89. The molecule has 196 valence electrons. The van der Waals surface area contributed by atoms with Crippen LogP contribution in [0.3, 0.4) is 0 Å². The van der Waals surface area contributed by atoms with Gasteiger partial charge < -0.3 is 18.9 Å². The molecular weight excluding hydrogens is 476 g/mol. The Bertz CT molecular complexity index is 985. The van der Waals surface area contributed by atoms with Crippen molar-refractivity contribution in [1.82, 2.24) is 19.5 Å². The lowest BCUT2D eigenvalue weighted by molar-refractivity contribution is -0.0505. The molecule has 1 amide bonds. The first-order chi connectivity index (χ1) is 17.2. The van der Waals surface area contributed by atoms with Gasteiger partial charge in [-0.25, -0.2) is 4.79 Å². The summed E-state index contributed by atoms with van der Waals surface area (Å²) in [7, 11) is 0. The number of ether oxygens (including phenoxy) is 2. The lowest BCUT2D eigenvalue weighted by atomic mass is 9.83. The number of carbonyl (C=O) groups excluding carboxylic acids is 1. The zero-order valence-electron chi connectivity index (χ0n) is 21.7. The zero-order valence-corrected chi connectivity index (χ0v) is 22.6. The molecule has 2 aromatic rings. The third kappa shape index (κ3) is 6.20. The van der Waals surface area contributed by atoms with Crippen molar-refractivity contribution >= 4 is 17.5 Å². The third-order valence-corrected chi connectivity index (χ3v) is 8.69. The van der Waals surface area contributed by atoms with E-state index in [9.17, 15) is 9.35 Å². The molecule has 4 rings (SSSR count). The molecule has 0 unspecified atom stereocenters. The molecular formula is C27H38N4O4S. The molecule has 2 fully saturated rings. The molecule has 36 heavy (non-hydrogen) atoms. The van der Waals surface area contributed by atoms with Gasteiger partial charge in [0, 0.05) is 57.0 Å². The van der Waals surface area contributed by atoms with Gasteiger partial charge >= 0.3 is 6.09 Å². The second-order valence-electron chi connectivity index (χ2n) is 10.5. The Morgan fingerprint density at radius 1 is 1.11 bits per heavy atom. The number of carbonyl (C=O) groups is 1. The highest BCUT2D eigenvalue weighted by Crippen LogP contribution is 2.38. The van der Waals surface area contributed by atoms with E-state index < -0.39 is 11.4 Å². The van der Waals surface area contributed by atoms with Crippen molar-refractivity contribution in [3.63, 3.8) is 0 Å². The molecule has 2 aliphatic heterocycles. The second-order valence-corrected chi connectivity index (χ2v) is 12.5. The van der Waals surface area contributed by atoms with Gasteiger partial charge in [-0.1, -0.05) is 24.3 Å². The van der Waals surface area contributed by atoms with Crippen LogP contribution < -0.4 is 9.46 Å². The first kappa shape index (κ1) is 26.9. The highest BCUT2D eigenvalue weighted by molar-refractivity contribution is 7.90. The molecule has 0 bridgehead atoms. The molecule has 3 heterocycles. The normalized spacial score (nSPS) is 20.5. The van der Waals surface area contributed by atoms with E-state index in [0.29, 0.717) is 32.1 Å². The third-order valence-electron chi connectivity index (χ3n) is 7.01. The van der Waals surface area contributed by atoms with Crippen LogP contribution in [-0.4, -0.2) is 69.6 Å². The highest BCUT2D eigenvalue weighted by Gasteiger charge is 2.43. The predicted octanol–water partition coefficient (Wildman–Crippen LogP) is 4.02. The van der Waals surface area contributed by atoms with Crippen LogP contribution >= 0.6 is 0 Å². The Morgan fingerprint density at radius 2 is 1.78 bits per heavy atom. The van der Waals surface area contributed by atoms with E-state index >= 15 is 0 Å². The maximum absolute atomic E-state index is 12.7. The Labute approximate surface area is 217 Å². The van der Waals surface area contributed by atoms with Gasteiger partial charge in [-0.05, 0) is 64.3 Å². The number of amides is 1. The van der Waals surface area contributed by atoms with Crippen molar-refractivity contribution < 1.29 is 18.8 Å². The number of nitrogens with zero attached hydrogens (tertiary/aromatic N) is 3. The van der Waals surface area contributed by atoms with Crippen LogP contribution in [0.5, 0.6) is 5.75 Å². The molecule has 1 N–H and O–H groups in total. The molecule has 2 aliphatic rings. The summed E-state index contributed by atoms with van der Waals surface area (Å²) in [4.78, 5) is 21.8. The van der Waals surface area contributed by atoms with E-state index in [2.05, 4.69) is 21.8 Å². The van der Waals surface area contributed by atoms with Crippen molar-refractivity contribution in [2.75, 3.05) is 39.4 Å². The van der Waals surface area contributed by atoms with Crippen molar-refractivity contribution in [3.8, 4) is 5.75 Å². The number of nitrogens with one attached hydrogen (secondary N) is 1. The largest absolute Gasteiger partial charge is 0.598 e. The van der Waals surface area contributed by atoms with Gasteiger partial charge in [-0.15, -0.1) is 4.72 Å². The number of aromatic nitrogens is 1.